The lowest BCUT2D eigenvalue weighted by molar-refractivity contribution is 0.0746. The second kappa shape index (κ2) is 4.31. The first-order valence-electron chi connectivity index (χ1n) is 5.16. The molecule has 3 nitrogen and oxygen atoms in total. The van der Waals surface area contributed by atoms with E-state index in [-0.39, 0.29) is 5.91 Å². The summed E-state index contributed by atoms with van der Waals surface area (Å²) in [5.41, 5.74) is 0.526. The standard InChI is InChI=1S/C11H13BrN2O/c1-2-14(8-6-7-8)11(15)9-4-3-5-10(12)13-9/h3-5,8H,2,6-7H2,1H3. The Balaban J connectivity index is 2.18. The van der Waals surface area contributed by atoms with Crippen LogP contribution in [0.3, 0.4) is 0 Å². The van der Waals surface area contributed by atoms with Crippen LogP contribution in [0.4, 0.5) is 0 Å². The second-order valence-electron chi connectivity index (χ2n) is 3.67. The number of rotatable bonds is 3. The zero-order valence-electron chi connectivity index (χ0n) is 8.61. The molecular weight excluding hydrogens is 256 g/mol. The van der Waals surface area contributed by atoms with E-state index in [2.05, 4.69) is 20.9 Å². The molecule has 0 atom stereocenters. The number of carbonyl (C=O) groups is 1. The average molecular weight is 269 g/mol. The average Bonchev–Trinajstić information content (AvgIpc) is 3.03. The van der Waals surface area contributed by atoms with Crippen LogP contribution in [0.5, 0.6) is 0 Å². The van der Waals surface area contributed by atoms with E-state index in [1.54, 1.807) is 6.07 Å². The van der Waals surface area contributed by atoms with Crippen molar-refractivity contribution in [3.8, 4) is 0 Å². The van der Waals surface area contributed by atoms with Gasteiger partial charge < -0.3 is 4.90 Å². The molecule has 0 unspecified atom stereocenters. The largest absolute Gasteiger partial charge is 0.335 e. The molecule has 0 aromatic carbocycles. The predicted molar refractivity (Wildman–Crippen MR) is 61.7 cm³/mol. The molecule has 1 saturated carbocycles. The van der Waals surface area contributed by atoms with E-state index in [0.717, 1.165) is 19.4 Å². The first-order valence-corrected chi connectivity index (χ1v) is 5.95. The number of hydrogen-bond acceptors (Lipinski definition) is 2. The molecule has 1 aliphatic rings. The molecular formula is C11H13BrN2O. The zero-order chi connectivity index (χ0) is 10.8. The molecule has 0 saturated heterocycles. The summed E-state index contributed by atoms with van der Waals surface area (Å²) in [4.78, 5) is 18.1. The molecule has 15 heavy (non-hydrogen) atoms. The molecule has 4 heteroatoms. The van der Waals surface area contributed by atoms with Gasteiger partial charge in [0.1, 0.15) is 10.3 Å². The molecule has 0 spiro atoms. The SMILES string of the molecule is CCN(C(=O)c1cccc(Br)n1)C1CC1. The minimum absolute atomic E-state index is 0.0429. The van der Waals surface area contributed by atoms with Crippen LogP contribution in [0.15, 0.2) is 22.8 Å². The Labute approximate surface area is 97.6 Å². The van der Waals surface area contributed by atoms with E-state index >= 15 is 0 Å². The van der Waals surface area contributed by atoms with Crippen LogP contribution < -0.4 is 0 Å². The molecule has 1 amide bonds. The van der Waals surface area contributed by atoms with Crippen molar-refractivity contribution >= 4 is 21.8 Å². The highest BCUT2D eigenvalue weighted by molar-refractivity contribution is 9.10. The van der Waals surface area contributed by atoms with E-state index in [0.29, 0.717) is 16.3 Å². The van der Waals surface area contributed by atoms with Gasteiger partial charge in [0, 0.05) is 12.6 Å². The summed E-state index contributed by atoms with van der Waals surface area (Å²) in [7, 11) is 0. The molecule has 1 aliphatic carbocycles. The molecule has 1 fully saturated rings. The van der Waals surface area contributed by atoms with Crippen molar-refractivity contribution in [2.75, 3.05) is 6.54 Å². The van der Waals surface area contributed by atoms with Crippen molar-refractivity contribution in [1.29, 1.82) is 0 Å². The lowest BCUT2D eigenvalue weighted by Crippen LogP contribution is -2.33. The van der Waals surface area contributed by atoms with Crippen molar-refractivity contribution < 1.29 is 4.79 Å². The van der Waals surface area contributed by atoms with Crippen LogP contribution >= 0.6 is 15.9 Å². The van der Waals surface area contributed by atoms with Gasteiger partial charge in [0.15, 0.2) is 0 Å². The van der Waals surface area contributed by atoms with Gasteiger partial charge in [-0.2, -0.15) is 0 Å². The number of nitrogens with zero attached hydrogens (tertiary/aromatic N) is 2. The van der Waals surface area contributed by atoms with Crippen LogP contribution in [-0.2, 0) is 0 Å². The Morgan fingerprint density at radius 2 is 2.33 bits per heavy atom. The summed E-state index contributed by atoms with van der Waals surface area (Å²) in [6.45, 7) is 2.77. The van der Waals surface area contributed by atoms with Gasteiger partial charge in [-0.15, -0.1) is 0 Å². The van der Waals surface area contributed by atoms with Gasteiger partial charge in [-0.3, -0.25) is 4.79 Å². The Morgan fingerprint density at radius 3 is 2.87 bits per heavy atom. The van der Waals surface area contributed by atoms with Gasteiger partial charge in [-0.25, -0.2) is 4.98 Å². The van der Waals surface area contributed by atoms with Crippen LogP contribution in [-0.4, -0.2) is 28.4 Å². The first kappa shape index (κ1) is 10.6. The fourth-order valence-corrected chi connectivity index (χ4v) is 1.97. The third-order valence-corrected chi connectivity index (χ3v) is 2.97. The van der Waals surface area contributed by atoms with Gasteiger partial charge in [0.25, 0.3) is 5.91 Å². The number of hydrogen-bond donors (Lipinski definition) is 0. The Hall–Kier alpha value is -0.900. The highest BCUT2D eigenvalue weighted by Crippen LogP contribution is 2.27. The molecule has 2 rings (SSSR count). The van der Waals surface area contributed by atoms with Crippen LogP contribution in [0.25, 0.3) is 0 Å². The zero-order valence-corrected chi connectivity index (χ0v) is 10.2. The second-order valence-corrected chi connectivity index (χ2v) is 4.48. The van der Waals surface area contributed by atoms with Gasteiger partial charge in [0.2, 0.25) is 0 Å². The topological polar surface area (TPSA) is 33.2 Å². The van der Waals surface area contributed by atoms with Gasteiger partial charge in [-0.05, 0) is 47.8 Å². The highest BCUT2D eigenvalue weighted by atomic mass is 79.9. The highest BCUT2D eigenvalue weighted by Gasteiger charge is 2.32. The molecule has 1 aromatic rings. The van der Waals surface area contributed by atoms with Crippen molar-refractivity contribution in [1.82, 2.24) is 9.88 Å². The lowest BCUT2D eigenvalue weighted by atomic mass is 10.3. The number of pyridine rings is 1. The van der Waals surface area contributed by atoms with Crippen LogP contribution in [0.2, 0.25) is 0 Å². The van der Waals surface area contributed by atoms with Crippen molar-refractivity contribution in [3.63, 3.8) is 0 Å². The predicted octanol–water partition coefficient (Wildman–Crippen LogP) is 2.47. The van der Waals surface area contributed by atoms with E-state index < -0.39 is 0 Å². The lowest BCUT2D eigenvalue weighted by Gasteiger charge is -2.19. The van der Waals surface area contributed by atoms with Gasteiger partial charge in [0.05, 0.1) is 0 Å². The summed E-state index contributed by atoms with van der Waals surface area (Å²) in [6, 6.07) is 5.87. The van der Waals surface area contributed by atoms with Crippen molar-refractivity contribution in [2.45, 2.75) is 25.8 Å². The molecule has 0 radical (unpaired) electrons. The maximum atomic E-state index is 12.1. The molecule has 80 valence electrons. The number of halogens is 1. The Bertz CT molecular complexity index is 377. The number of aromatic nitrogens is 1. The Morgan fingerprint density at radius 1 is 1.60 bits per heavy atom. The quantitative estimate of drug-likeness (QED) is 0.790. The molecule has 0 bridgehead atoms. The number of amides is 1. The monoisotopic (exact) mass is 268 g/mol. The van der Waals surface area contributed by atoms with Crippen LogP contribution in [0, 0.1) is 0 Å². The Kier molecular flexibility index (Phi) is 3.05. The summed E-state index contributed by atoms with van der Waals surface area (Å²) >= 11 is 3.27. The molecule has 0 N–H and O–H groups in total. The fourth-order valence-electron chi connectivity index (χ4n) is 1.63. The van der Waals surface area contributed by atoms with Gasteiger partial charge in [-0.1, -0.05) is 6.07 Å². The first-order chi connectivity index (χ1) is 7.22. The summed E-state index contributed by atoms with van der Waals surface area (Å²) in [6.07, 6.45) is 2.27. The van der Waals surface area contributed by atoms with Crippen molar-refractivity contribution in [3.05, 3.63) is 28.5 Å². The minimum atomic E-state index is 0.0429. The summed E-state index contributed by atoms with van der Waals surface area (Å²) in [5, 5.41) is 0. The smallest absolute Gasteiger partial charge is 0.272 e. The van der Waals surface area contributed by atoms with E-state index in [1.807, 2.05) is 24.0 Å². The molecule has 1 heterocycles. The van der Waals surface area contributed by atoms with E-state index in [9.17, 15) is 4.79 Å². The van der Waals surface area contributed by atoms with Crippen molar-refractivity contribution in [2.24, 2.45) is 0 Å². The van der Waals surface area contributed by atoms with Crippen LogP contribution in [0.1, 0.15) is 30.3 Å². The van der Waals surface area contributed by atoms with E-state index in [4.69, 9.17) is 0 Å². The third kappa shape index (κ3) is 2.37. The summed E-state index contributed by atoms with van der Waals surface area (Å²) in [5.74, 6) is 0.0429. The molecule has 0 aliphatic heterocycles. The number of carbonyl (C=O) groups excluding carboxylic acids is 1. The maximum Gasteiger partial charge on any atom is 0.272 e. The minimum Gasteiger partial charge on any atom is -0.335 e. The molecule has 1 aromatic heterocycles. The normalized spacial score (nSPS) is 15.1. The third-order valence-electron chi connectivity index (χ3n) is 2.52. The fraction of sp³-hybridized carbons (Fsp3) is 0.455. The van der Waals surface area contributed by atoms with Gasteiger partial charge >= 0.3 is 0 Å². The maximum absolute atomic E-state index is 12.1. The summed E-state index contributed by atoms with van der Waals surface area (Å²) < 4.78 is 0.709. The van der Waals surface area contributed by atoms with E-state index in [1.165, 1.54) is 0 Å².